The van der Waals surface area contributed by atoms with E-state index in [4.69, 9.17) is 9.84 Å². The predicted octanol–water partition coefficient (Wildman–Crippen LogP) is 2.06. The van der Waals surface area contributed by atoms with Crippen molar-refractivity contribution in [1.82, 2.24) is 4.72 Å². The molecule has 5 nitrogen and oxygen atoms in total. The van der Waals surface area contributed by atoms with Gasteiger partial charge in [-0.25, -0.2) is 13.1 Å². The van der Waals surface area contributed by atoms with E-state index in [1.54, 1.807) is 12.1 Å². The zero-order valence-electron chi connectivity index (χ0n) is 12.1. The fraction of sp³-hybridized carbons (Fsp3) is 0.600. The lowest BCUT2D eigenvalue weighted by molar-refractivity contribution is 0.201. The van der Waals surface area contributed by atoms with Gasteiger partial charge in [-0.1, -0.05) is 25.7 Å². The van der Waals surface area contributed by atoms with Crippen LogP contribution in [0.5, 0.6) is 5.75 Å². The first-order valence-electron chi connectivity index (χ1n) is 7.48. The summed E-state index contributed by atoms with van der Waals surface area (Å²) in [4.78, 5) is 0.253. The maximum Gasteiger partial charge on any atom is 0.240 e. The van der Waals surface area contributed by atoms with Crippen molar-refractivity contribution in [2.75, 3.05) is 13.2 Å². The molecule has 0 heterocycles. The van der Waals surface area contributed by atoms with E-state index in [9.17, 15) is 8.42 Å². The Balaban J connectivity index is 2.01. The fourth-order valence-corrected chi connectivity index (χ4v) is 3.87. The van der Waals surface area contributed by atoms with Gasteiger partial charge in [-0.15, -0.1) is 0 Å². The number of rotatable bonds is 6. The molecule has 1 aromatic carbocycles. The second-order valence-electron chi connectivity index (χ2n) is 5.35. The van der Waals surface area contributed by atoms with Gasteiger partial charge in [-0.2, -0.15) is 0 Å². The van der Waals surface area contributed by atoms with Crippen LogP contribution in [0.25, 0.3) is 0 Å². The summed E-state index contributed by atoms with van der Waals surface area (Å²) >= 11 is 0. The predicted molar refractivity (Wildman–Crippen MR) is 80.8 cm³/mol. The summed E-state index contributed by atoms with van der Waals surface area (Å²) < 4.78 is 32.7. The molecule has 0 aliphatic heterocycles. The van der Waals surface area contributed by atoms with Crippen LogP contribution in [0.2, 0.25) is 0 Å². The number of aliphatic hydroxyl groups excluding tert-OH is 1. The number of hydrogen-bond donors (Lipinski definition) is 2. The highest BCUT2D eigenvalue weighted by molar-refractivity contribution is 7.89. The average molecular weight is 313 g/mol. The Labute approximate surface area is 126 Å². The third kappa shape index (κ3) is 4.98. The van der Waals surface area contributed by atoms with Crippen LogP contribution < -0.4 is 9.46 Å². The zero-order valence-corrected chi connectivity index (χ0v) is 12.9. The minimum atomic E-state index is -3.47. The maximum atomic E-state index is 12.3. The summed E-state index contributed by atoms with van der Waals surface area (Å²) in [5.41, 5.74) is 0. The highest BCUT2D eigenvalue weighted by Crippen LogP contribution is 2.21. The van der Waals surface area contributed by atoms with E-state index >= 15 is 0 Å². The molecular formula is C15H23NO4S. The van der Waals surface area contributed by atoms with Crippen LogP contribution in [0.3, 0.4) is 0 Å². The lowest BCUT2D eigenvalue weighted by atomic mass is 10.1. The minimum Gasteiger partial charge on any atom is -0.491 e. The van der Waals surface area contributed by atoms with Crippen LogP contribution in [0.1, 0.15) is 38.5 Å². The van der Waals surface area contributed by atoms with Gasteiger partial charge in [0.1, 0.15) is 12.4 Å². The van der Waals surface area contributed by atoms with Gasteiger partial charge in [0.2, 0.25) is 10.0 Å². The lowest BCUT2D eigenvalue weighted by Crippen LogP contribution is -2.34. The first-order valence-corrected chi connectivity index (χ1v) is 8.96. The molecule has 6 heteroatoms. The van der Waals surface area contributed by atoms with E-state index < -0.39 is 10.0 Å². The van der Waals surface area contributed by atoms with Crippen molar-refractivity contribution in [3.05, 3.63) is 24.3 Å². The first-order chi connectivity index (χ1) is 10.1. The molecular weight excluding hydrogens is 290 g/mol. The molecule has 1 aromatic rings. The van der Waals surface area contributed by atoms with E-state index in [1.165, 1.54) is 25.0 Å². The normalized spacial score (nSPS) is 17.4. The van der Waals surface area contributed by atoms with Gasteiger partial charge in [-0.05, 0) is 37.1 Å². The number of aliphatic hydroxyl groups is 1. The van der Waals surface area contributed by atoms with Crippen molar-refractivity contribution < 1.29 is 18.3 Å². The van der Waals surface area contributed by atoms with Crippen molar-refractivity contribution in [2.45, 2.75) is 49.5 Å². The van der Waals surface area contributed by atoms with Crippen molar-refractivity contribution in [1.29, 1.82) is 0 Å². The molecule has 1 aliphatic rings. The highest BCUT2D eigenvalue weighted by Gasteiger charge is 2.21. The van der Waals surface area contributed by atoms with E-state index in [0.717, 1.165) is 25.7 Å². The quantitative estimate of drug-likeness (QED) is 0.788. The van der Waals surface area contributed by atoms with Crippen molar-refractivity contribution in [2.24, 2.45) is 0 Å². The van der Waals surface area contributed by atoms with Gasteiger partial charge >= 0.3 is 0 Å². The second kappa shape index (κ2) is 7.77. The first kappa shape index (κ1) is 16.3. The van der Waals surface area contributed by atoms with Crippen LogP contribution in [0.15, 0.2) is 29.2 Å². The Morgan fingerprint density at radius 1 is 1.10 bits per heavy atom. The molecule has 1 fully saturated rings. The Morgan fingerprint density at radius 2 is 1.71 bits per heavy atom. The monoisotopic (exact) mass is 313 g/mol. The molecule has 0 saturated heterocycles. The molecule has 21 heavy (non-hydrogen) atoms. The molecule has 118 valence electrons. The summed E-state index contributed by atoms with van der Waals surface area (Å²) in [6.45, 7) is 0.135. The average Bonchev–Trinajstić information content (AvgIpc) is 2.73. The van der Waals surface area contributed by atoms with E-state index in [1.807, 2.05) is 0 Å². The van der Waals surface area contributed by atoms with E-state index in [0.29, 0.717) is 5.75 Å². The summed E-state index contributed by atoms with van der Waals surface area (Å²) in [5.74, 6) is 0.553. The van der Waals surface area contributed by atoms with Gasteiger partial charge in [0, 0.05) is 6.04 Å². The van der Waals surface area contributed by atoms with Crippen LogP contribution in [-0.4, -0.2) is 32.8 Å². The third-order valence-electron chi connectivity index (χ3n) is 3.67. The molecule has 1 saturated carbocycles. The van der Waals surface area contributed by atoms with Crippen molar-refractivity contribution in [3.63, 3.8) is 0 Å². The summed E-state index contributed by atoms with van der Waals surface area (Å²) in [5, 5.41) is 8.69. The largest absolute Gasteiger partial charge is 0.491 e. The van der Waals surface area contributed by atoms with Gasteiger partial charge in [0.15, 0.2) is 0 Å². The second-order valence-corrected chi connectivity index (χ2v) is 7.07. The maximum absolute atomic E-state index is 12.3. The minimum absolute atomic E-state index is 0.0443. The third-order valence-corrected chi connectivity index (χ3v) is 5.21. The number of hydrogen-bond acceptors (Lipinski definition) is 4. The van der Waals surface area contributed by atoms with Crippen LogP contribution in [0.4, 0.5) is 0 Å². The Bertz CT molecular complexity index is 519. The Hall–Kier alpha value is -1.11. The molecule has 1 aliphatic carbocycles. The zero-order chi connectivity index (χ0) is 15.1. The molecule has 0 spiro atoms. The SMILES string of the molecule is O=S(=O)(NC1CCCCCC1)c1ccc(OCCO)cc1. The van der Waals surface area contributed by atoms with Crippen molar-refractivity contribution in [3.8, 4) is 5.75 Å². The molecule has 0 amide bonds. The fourth-order valence-electron chi connectivity index (χ4n) is 2.56. The smallest absolute Gasteiger partial charge is 0.240 e. The summed E-state index contributed by atoms with van der Waals surface area (Å²) in [7, 11) is -3.47. The molecule has 0 atom stereocenters. The number of ether oxygens (including phenoxy) is 1. The molecule has 2 rings (SSSR count). The highest BCUT2D eigenvalue weighted by atomic mass is 32.2. The van der Waals surface area contributed by atoms with Crippen LogP contribution >= 0.6 is 0 Å². The van der Waals surface area contributed by atoms with Crippen LogP contribution in [-0.2, 0) is 10.0 Å². The molecule has 0 radical (unpaired) electrons. The Kier molecular flexibility index (Phi) is 6.02. The number of benzene rings is 1. The Morgan fingerprint density at radius 3 is 2.29 bits per heavy atom. The summed E-state index contributed by atoms with van der Waals surface area (Å²) in [6, 6.07) is 6.33. The molecule has 0 unspecified atom stereocenters. The van der Waals surface area contributed by atoms with Crippen LogP contribution in [0, 0.1) is 0 Å². The van der Waals surface area contributed by atoms with Gasteiger partial charge in [-0.3, -0.25) is 0 Å². The standard InChI is InChI=1S/C15H23NO4S/c17-11-12-20-14-7-9-15(10-8-14)21(18,19)16-13-5-3-1-2-4-6-13/h7-10,13,16-17H,1-6,11-12H2. The van der Waals surface area contributed by atoms with Gasteiger partial charge in [0.05, 0.1) is 11.5 Å². The molecule has 0 aromatic heterocycles. The van der Waals surface area contributed by atoms with Gasteiger partial charge in [0.25, 0.3) is 0 Å². The topological polar surface area (TPSA) is 75.6 Å². The van der Waals surface area contributed by atoms with E-state index in [-0.39, 0.29) is 24.2 Å². The number of nitrogens with one attached hydrogen (secondary N) is 1. The number of sulfonamides is 1. The molecule has 2 N–H and O–H groups in total. The lowest BCUT2D eigenvalue weighted by Gasteiger charge is -2.16. The molecule has 0 bridgehead atoms. The van der Waals surface area contributed by atoms with Crippen molar-refractivity contribution >= 4 is 10.0 Å². The van der Waals surface area contributed by atoms with E-state index in [2.05, 4.69) is 4.72 Å². The van der Waals surface area contributed by atoms with Gasteiger partial charge < -0.3 is 9.84 Å². The summed E-state index contributed by atoms with van der Waals surface area (Å²) in [6.07, 6.45) is 6.38.